The van der Waals surface area contributed by atoms with Gasteiger partial charge in [-0.2, -0.15) is 0 Å². The molecule has 1 aliphatic rings. The number of amides is 1. The summed E-state index contributed by atoms with van der Waals surface area (Å²) in [5.41, 5.74) is 1.34. The van der Waals surface area contributed by atoms with Gasteiger partial charge in [0.15, 0.2) is 0 Å². The van der Waals surface area contributed by atoms with Crippen molar-refractivity contribution in [2.45, 2.75) is 34.4 Å². The number of cyclic esters (lactones) is 1. The molecule has 1 amide bonds. The van der Waals surface area contributed by atoms with Crippen LogP contribution in [0.3, 0.4) is 0 Å². The Morgan fingerprint density at radius 3 is 2.71 bits per heavy atom. The molecule has 1 aromatic carbocycles. The Kier molecular flexibility index (Phi) is 4.54. The van der Waals surface area contributed by atoms with E-state index in [1.807, 2.05) is 19.1 Å². The van der Waals surface area contributed by atoms with Gasteiger partial charge in [-0.15, -0.1) is 0 Å². The van der Waals surface area contributed by atoms with E-state index in [-0.39, 0.29) is 11.9 Å². The van der Waals surface area contributed by atoms with Gasteiger partial charge >= 0.3 is 144 Å². The van der Waals surface area contributed by atoms with Crippen LogP contribution in [0.2, 0.25) is 14.8 Å². The summed E-state index contributed by atoms with van der Waals surface area (Å²) < 4.78 is 22.3. The fraction of sp³-hybridized carbons (Fsp3) is 0.438. The summed E-state index contributed by atoms with van der Waals surface area (Å²) in [6, 6.07) is 5.08. The summed E-state index contributed by atoms with van der Waals surface area (Å²) in [5.74, 6) is -0.223. The average molecular weight is 439 g/mol. The number of hydrogen-bond donors (Lipinski definition) is 0. The van der Waals surface area contributed by atoms with Crippen molar-refractivity contribution in [3.8, 4) is 0 Å². The van der Waals surface area contributed by atoms with E-state index in [1.54, 1.807) is 10.9 Å². The molecule has 8 heteroatoms. The molecule has 0 saturated carbocycles. The molecule has 0 bridgehead atoms. The molecule has 0 N–H and O–H groups in total. The molecule has 0 aliphatic carbocycles. The van der Waals surface area contributed by atoms with Gasteiger partial charge in [-0.1, -0.05) is 0 Å². The fourth-order valence-corrected chi connectivity index (χ4v) is 6.72. The van der Waals surface area contributed by atoms with Crippen LogP contribution in [0.25, 0.3) is 0 Å². The molecular weight excluding hydrogens is 418 g/mol. The maximum absolute atomic E-state index is 14.4. The summed E-state index contributed by atoms with van der Waals surface area (Å²) in [7, 11) is 0. The van der Waals surface area contributed by atoms with Crippen LogP contribution in [-0.2, 0) is 11.3 Å². The second kappa shape index (κ2) is 6.34. The SMILES string of the molecule is Cc1cn(C[C@H]2CN(c3cc[c]([Sn]([CH3])([CH3])[CH3])c(F)c3)C(=O)O2)nn1. The molecule has 1 saturated heterocycles. The van der Waals surface area contributed by atoms with E-state index in [2.05, 4.69) is 25.1 Å². The van der Waals surface area contributed by atoms with Crippen LogP contribution < -0.4 is 8.48 Å². The zero-order chi connectivity index (χ0) is 17.5. The third kappa shape index (κ3) is 3.55. The van der Waals surface area contributed by atoms with E-state index >= 15 is 0 Å². The summed E-state index contributed by atoms with van der Waals surface area (Å²) in [6.45, 7) is 2.65. The van der Waals surface area contributed by atoms with E-state index in [1.165, 1.54) is 11.0 Å². The number of anilines is 1. The number of rotatable bonds is 4. The Morgan fingerprint density at radius 2 is 2.12 bits per heavy atom. The third-order valence-corrected chi connectivity index (χ3v) is 9.76. The van der Waals surface area contributed by atoms with E-state index in [9.17, 15) is 9.18 Å². The number of nitrogens with zero attached hydrogens (tertiary/aromatic N) is 4. The minimum absolute atomic E-state index is 0.223. The maximum atomic E-state index is 14.4. The topological polar surface area (TPSA) is 60.2 Å². The normalized spacial score (nSPS) is 18.1. The van der Waals surface area contributed by atoms with Gasteiger partial charge in [0.25, 0.3) is 0 Å². The van der Waals surface area contributed by atoms with Crippen LogP contribution in [0.15, 0.2) is 24.4 Å². The number of aryl methyl sites for hydroxylation is 1. The number of benzene rings is 1. The number of hydrogen-bond acceptors (Lipinski definition) is 4. The summed E-state index contributed by atoms with van der Waals surface area (Å²) in [4.78, 5) is 20.1. The molecule has 0 spiro atoms. The van der Waals surface area contributed by atoms with Gasteiger partial charge in [-0.3, -0.25) is 0 Å². The zero-order valence-corrected chi connectivity index (χ0v) is 17.1. The molecule has 3 rings (SSSR count). The van der Waals surface area contributed by atoms with Gasteiger partial charge in [-0.25, -0.2) is 0 Å². The number of carbonyl (C=O) groups is 1. The number of carbonyl (C=O) groups excluding carboxylic acids is 1. The first kappa shape index (κ1) is 17.2. The van der Waals surface area contributed by atoms with Gasteiger partial charge in [0.05, 0.1) is 0 Å². The molecule has 6 nitrogen and oxygen atoms in total. The first-order valence-electron chi connectivity index (χ1n) is 7.89. The van der Waals surface area contributed by atoms with Gasteiger partial charge < -0.3 is 0 Å². The summed E-state index contributed by atoms with van der Waals surface area (Å²) in [6.07, 6.45) is 1.01. The van der Waals surface area contributed by atoms with Crippen LogP contribution in [0, 0.1) is 12.7 Å². The zero-order valence-electron chi connectivity index (χ0n) is 14.3. The van der Waals surface area contributed by atoms with Gasteiger partial charge in [0.2, 0.25) is 0 Å². The second-order valence-electron chi connectivity index (χ2n) is 7.11. The van der Waals surface area contributed by atoms with Crippen molar-refractivity contribution in [2.24, 2.45) is 0 Å². The van der Waals surface area contributed by atoms with Crippen LogP contribution in [0.4, 0.5) is 14.9 Å². The van der Waals surface area contributed by atoms with Gasteiger partial charge in [-0.05, 0) is 0 Å². The van der Waals surface area contributed by atoms with Crippen molar-refractivity contribution in [3.05, 3.63) is 35.9 Å². The molecule has 2 heterocycles. The van der Waals surface area contributed by atoms with E-state index in [0.29, 0.717) is 18.8 Å². The Morgan fingerprint density at radius 1 is 1.38 bits per heavy atom. The van der Waals surface area contributed by atoms with Crippen molar-refractivity contribution >= 4 is 33.7 Å². The van der Waals surface area contributed by atoms with Crippen LogP contribution in [0.1, 0.15) is 5.69 Å². The molecule has 1 aliphatic heterocycles. The Hall–Kier alpha value is -1.64. The second-order valence-corrected chi connectivity index (χ2v) is 21.5. The Labute approximate surface area is 144 Å². The standard InChI is InChI=1S/C13H12FN4O2.3CH3.Sn/c1-9-6-17(16-15-9)7-12-8-18(13(19)20-12)11-4-2-3-10(14)5-11;;;;/h2,4-6,12H,7-8H2,1H3;3*1H3;/t12-;;;;/m0..../s1. The third-order valence-electron chi connectivity index (χ3n) is 3.99. The molecule has 0 unspecified atom stereocenters. The van der Waals surface area contributed by atoms with Crippen molar-refractivity contribution in [1.29, 1.82) is 0 Å². The molecular formula is C16H21FN4O2Sn. The number of aromatic nitrogens is 3. The first-order chi connectivity index (χ1) is 11.2. The molecule has 1 fully saturated rings. The number of ether oxygens (including phenoxy) is 1. The van der Waals surface area contributed by atoms with Crippen molar-refractivity contribution in [3.63, 3.8) is 0 Å². The number of halogens is 1. The van der Waals surface area contributed by atoms with Crippen LogP contribution >= 0.6 is 0 Å². The molecule has 24 heavy (non-hydrogen) atoms. The average Bonchev–Trinajstić information content (AvgIpc) is 3.03. The van der Waals surface area contributed by atoms with Gasteiger partial charge in [0.1, 0.15) is 0 Å². The fourth-order valence-electron chi connectivity index (χ4n) is 2.80. The minimum atomic E-state index is -2.49. The van der Waals surface area contributed by atoms with Crippen molar-refractivity contribution < 1.29 is 13.9 Å². The van der Waals surface area contributed by atoms with E-state index in [0.717, 1.165) is 9.27 Å². The molecule has 1 aromatic heterocycles. The predicted octanol–water partition coefficient (Wildman–Crippen LogP) is 2.30. The molecule has 0 radical (unpaired) electrons. The molecule has 128 valence electrons. The molecule has 2 aromatic rings. The van der Waals surface area contributed by atoms with Crippen molar-refractivity contribution in [2.75, 3.05) is 11.4 Å². The predicted molar refractivity (Wildman–Crippen MR) is 91.8 cm³/mol. The Balaban J connectivity index is 1.75. The molecule has 1 atom stereocenters. The first-order valence-corrected chi connectivity index (χ1v) is 17.9. The van der Waals surface area contributed by atoms with Crippen molar-refractivity contribution in [1.82, 2.24) is 15.0 Å². The summed E-state index contributed by atoms with van der Waals surface area (Å²) in [5, 5.41) is 7.87. The monoisotopic (exact) mass is 440 g/mol. The Bertz CT molecular complexity index is 772. The van der Waals surface area contributed by atoms with E-state index in [4.69, 9.17) is 4.74 Å². The van der Waals surface area contributed by atoms with Gasteiger partial charge in [0, 0.05) is 0 Å². The van der Waals surface area contributed by atoms with Crippen LogP contribution in [-0.4, -0.2) is 52.1 Å². The quantitative estimate of drug-likeness (QED) is 0.687. The van der Waals surface area contributed by atoms with Crippen LogP contribution in [0.5, 0.6) is 0 Å². The van der Waals surface area contributed by atoms with E-state index < -0.39 is 24.5 Å². The summed E-state index contributed by atoms with van der Waals surface area (Å²) >= 11 is -2.49.